The molecule has 0 saturated carbocycles. The number of sulfonamides is 1. The van der Waals surface area contributed by atoms with E-state index < -0.39 is 10.0 Å². The van der Waals surface area contributed by atoms with Crippen molar-refractivity contribution in [3.8, 4) is 0 Å². The van der Waals surface area contributed by atoms with Crippen molar-refractivity contribution in [2.24, 2.45) is 0 Å². The van der Waals surface area contributed by atoms with Crippen LogP contribution in [0.2, 0.25) is 0 Å². The highest BCUT2D eigenvalue weighted by Gasteiger charge is 2.25. The lowest BCUT2D eigenvalue weighted by Gasteiger charge is -2.25. The number of carbonyl (C=O) groups is 1. The SMILES string of the molecule is O=C(NCc1ccc(S(=O)(=O)N2CCCCC2)cc1)c1ccc2n[nH]c(=S)n2c1. The molecule has 1 aromatic carbocycles. The lowest BCUT2D eigenvalue weighted by Crippen LogP contribution is -2.35. The number of H-pyrrole nitrogens is 1. The van der Waals surface area contributed by atoms with Crippen LogP contribution >= 0.6 is 12.2 Å². The van der Waals surface area contributed by atoms with Gasteiger partial charge in [0.05, 0.1) is 10.5 Å². The molecule has 2 N–H and O–H groups in total. The summed E-state index contributed by atoms with van der Waals surface area (Å²) in [5, 5.41) is 9.55. The number of benzene rings is 1. The van der Waals surface area contributed by atoms with Gasteiger partial charge in [-0.25, -0.2) is 8.42 Å². The summed E-state index contributed by atoms with van der Waals surface area (Å²) in [6.45, 7) is 1.44. The molecule has 4 rings (SSSR count). The maximum absolute atomic E-state index is 12.7. The molecular formula is C19H21N5O3S2. The Labute approximate surface area is 173 Å². The number of aromatic nitrogens is 3. The Morgan fingerprint density at radius 1 is 1.10 bits per heavy atom. The van der Waals surface area contributed by atoms with Gasteiger partial charge in [-0.1, -0.05) is 18.6 Å². The molecule has 0 unspecified atom stereocenters. The van der Waals surface area contributed by atoms with Crippen LogP contribution in [0.3, 0.4) is 0 Å². The quantitative estimate of drug-likeness (QED) is 0.605. The van der Waals surface area contributed by atoms with E-state index in [2.05, 4.69) is 15.5 Å². The first-order valence-electron chi connectivity index (χ1n) is 9.39. The van der Waals surface area contributed by atoms with E-state index in [4.69, 9.17) is 12.2 Å². The maximum Gasteiger partial charge on any atom is 0.253 e. The summed E-state index contributed by atoms with van der Waals surface area (Å²) in [5.41, 5.74) is 1.91. The van der Waals surface area contributed by atoms with E-state index in [1.165, 1.54) is 0 Å². The zero-order chi connectivity index (χ0) is 20.4. The molecule has 0 spiro atoms. The third-order valence-corrected chi connectivity index (χ3v) is 7.20. The fourth-order valence-electron chi connectivity index (χ4n) is 3.36. The molecule has 8 nitrogen and oxygen atoms in total. The van der Waals surface area contributed by atoms with E-state index in [0.717, 1.165) is 24.8 Å². The molecule has 1 fully saturated rings. The minimum atomic E-state index is -3.45. The van der Waals surface area contributed by atoms with Crippen LogP contribution in [0, 0.1) is 4.77 Å². The van der Waals surface area contributed by atoms with Crippen molar-refractivity contribution in [3.63, 3.8) is 0 Å². The molecule has 0 aliphatic carbocycles. The highest BCUT2D eigenvalue weighted by atomic mass is 32.2. The molecular weight excluding hydrogens is 410 g/mol. The van der Waals surface area contributed by atoms with E-state index in [1.807, 2.05) is 0 Å². The van der Waals surface area contributed by atoms with Crippen LogP contribution in [0.15, 0.2) is 47.5 Å². The molecule has 2 aromatic heterocycles. The first kappa shape index (κ1) is 19.7. The van der Waals surface area contributed by atoms with Gasteiger partial charge >= 0.3 is 0 Å². The predicted octanol–water partition coefficient (Wildman–Crippen LogP) is 2.50. The lowest BCUT2D eigenvalue weighted by molar-refractivity contribution is 0.0950. The minimum absolute atomic E-state index is 0.250. The van der Waals surface area contributed by atoms with Crippen molar-refractivity contribution >= 4 is 33.8 Å². The zero-order valence-electron chi connectivity index (χ0n) is 15.7. The number of amides is 1. The highest BCUT2D eigenvalue weighted by molar-refractivity contribution is 7.89. The summed E-state index contributed by atoms with van der Waals surface area (Å²) >= 11 is 5.12. The van der Waals surface area contributed by atoms with Crippen LogP contribution in [0.4, 0.5) is 0 Å². The summed E-state index contributed by atoms with van der Waals surface area (Å²) in [5.74, 6) is -0.250. The molecule has 29 heavy (non-hydrogen) atoms. The number of nitrogens with one attached hydrogen (secondary N) is 2. The number of nitrogens with zero attached hydrogens (tertiary/aromatic N) is 3. The largest absolute Gasteiger partial charge is 0.348 e. The lowest BCUT2D eigenvalue weighted by atomic mass is 10.2. The zero-order valence-corrected chi connectivity index (χ0v) is 17.3. The average Bonchev–Trinajstić information content (AvgIpc) is 3.13. The number of piperidine rings is 1. The summed E-state index contributed by atoms with van der Waals surface area (Å²) in [6.07, 6.45) is 4.51. The van der Waals surface area contributed by atoms with Gasteiger partial charge in [-0.05, 0) is 54.9 Å². The number of aromatic amines is 1. The smallest absolute Gasteiger partial charge is 0.253 e. The fraction of sp³-hybridized carbons (Fsp3) is 0.316. The van der Waals surface area contributed by atoms with Gasteiger partial charge in [0.1, 0.15) is 0 Å². The number of fused-ring (bicyclic) bond motifs is 1. The summed E-state index contributed by atoms with van der Waals surface area (Å²) in [7, 11) is -3.45. The van der Waals surface area contributed by atoms with Gasteiger partial charge < -0.3 is 5.32 Å². The molecule has 1 amide bonds. The monoisotopic (exact) mass is 431 g/mol. The van der Waals surface area contributed by atoms with E-state index in [9.17, 15) is 13.2 Å². The standard InChI is InChI=1S/C19H21N5O3S2/c25-18(15-6-9-17-21-22-19(28)24(17)13-15)20-12-14-4-7-16(8-5-14)29(26,27)23-10-2-1-3-11-23/h4-9,13H,1-3,10-12H2,(H,20,25)(H,22,28). The topological polar surface area (TPSA) is 99.6 Å². The second kappa shape index (κ2) is 8.05. The first-order valence-corrected chi connectivity index (χ1v) is 11.2. The van der Waals surface area contributed by atoms with E-state index in [-0.39, 0.29) is 17.3 Å². The maximum atomic E-state index is 12.7. The Hall–Kier alpha value is -2.56. The van der Waals surface area contributed by atoms with Crippen LogP contribution in [0.1, 0.15) is 35.2 Å². The summed E-state index contributed by atoms with van der Waals surface area (Å²) < 4.78 is 29.0. The number of rotatable bonds is 5. The molecule has 3 heterocycles. The van der Waals surface area contributed by atoms with Gasteiger partial charge in [0, 0.05) is 25.8 Å². The average molecular weight is 432 g/mol. The Balaban J connectivity index is 1.42. The van der Waals surface area contributed by atoms with Crippen molar-refractivity contribution in [3.05, 3.63) is 58.5 Å². The number of carbonyl (C=O) groups excluding carboxylic acids is 1. The van der Waals surface area contributed by atoms with Crippen LogP contribution in [0.25, 0.3) is 5.65 Å². The molecule has 3 aromatic rings. The Morgan fingerprint density at radius 3 is 2.55 bits per heavy atom. The second-order valence-electron chi connectivity index (χ2n) is 6.97. The van der Waals surface area contributed by atoms with Crippen LogP contribution in [0.5, 0.6) is 0 Å². The Morgan fingerprint density at radius 2 is 1.83 bits per heavy atom. The first-order chi connectivity index (χ1) is 13.9. The third kappa shape index (κ3) is 4.09. The third-order valence-electron chi connectivity index (χ3n) is 5.00. The number of hydrogen-bond donors (Lipinski definition) is 2. The molecule has 10 heteroatoms. The Kier molecular flexibility index (Phi) is 5.48. The van der Waals surface area contributed by atoms with Crippen molar-refractivity contribution in [1.29, 1.82) is 0 Å². The molecule has 1 saturated heterocycles. The molecule has 0 atom stereocenters. The van der Waals surface area contributed by atoms with Gasteiger partial charge in [-0.2, -0.15) is 9.40 Å². The molecule has 0 bridgehead atoms. The molecule has 1 aliphatic rings. The molecule has 0 radical (unpaired) electrons. The van der Waals surface area contributed by atoms with Crippen molar-refractivity contribution in [1.82, 2.24) is 24.2 Å². The normalized spacial score (nSPS) is 15.4. The highest BCUT2D eigenvalue weighted by Crippen LogP contribution is 2.20. The van der Waals surface area contributed by atoms with Crippen LogP contribution in [-0.4, -0.2) is 46.3 Å². The van der Waals surface area contributed by atoms with Gasteiger partial charge in [-0.15, -0.1) is 0 Å². The Bertz CT molecular complexity index is 1190. The summed E-state index contributed by atoms with van der Waals surface area (Å²) in [4.78, 5) is 12.7. The van der Waals surface area contributed by atoms with E-state index >= 15 is 0 Å². The predicted molar refractivity (Wildman–Crippen MR) is 111 cm³/mol. The molecule has 152 valence electrons. The van der Waals surface area contributed by atoms with Crippen molar-refractivity contribution < 1.29 is 13.2 Å². The second-order valence-corrected chi connectivity index (χ2v) is 9.29. The van der Waals surface area contributed by atoms with Crippen molar-refractivity contribution in [2.45, 2.75) is 30.7 Å². The van der Waals surface area contributed by atoms with Gasteiger partial charge in [-0.3, -0.25) is 14.3 Å². The minimum Gasteiger partial charge on any atom is -0.348 e. The number of pyridine rings is 1. The fourth-order valence-corrected chi connectivity index (χ4v) is 5.07. The number of hydrogen-bond acceptors (Lipinski definition) is 5. The van der Waals surface area contributed by atoms with Crippen molar-refractivity contribution in [2.75, 3.05) is 13.1 Å². The van der Waals surface area contributed by atoms with Crippen LogP contribution in [-0.2, 0) is 16.6 Å². The van der Waals surface area contributed by atoms with Gasteiger partial charge in [0.2, 0.25) is 10.0 Å². The van der Waals surface area contributed by atoms with Gasteiger partial charge in [0.25, 0.3) is 5.91 Å². The van der Waals surface area contributed by atoms with E-state index in [0.29, 0.717) is 29.1 Å². The van der Waals surface area contributed by atoms with E-state index in [1.54, 1.807) is 51.3 Å². The molecule has 1 aliphatic heterocycles. The van der Waals surface area contributed by atoms with Gasteiger partial charge in [0.15, 0.2) is 10.4 Å². The van der Waals surface area contributed by atoms with Crippen LogP contribution < -0.4 is 5.32 Å². The summed E-state index contributed by atoms with van der Waals surface area (Å²) in [6, 6.07) is 10.0.